The Kier molecular flexibility index (Phi) is 3.29. The Morgan fingerprint density at radius 1 is 1.29 bits per heavy atom. The van der Waals surface area contributed by atoms with Crippen molar-refractivity contribution in [3.05, 3.63) is 35.1 Å². The van der Waals surface area contributed by atoms with E-state index in [1.165, 1.54) is 12.1 Å². The minimum Gasteiger partial charge on any atom is -0.317 e. The number of hydrogen-bond donors (Lipinski definition) is 1. The van der Waals surface area contributed by atoms with Gasteiger partial charge in [0.05, 0.1) is 0 Å². The molecule has 0 aromatic heterocycles. The van der Waals surface area contributed by atoms with Crippen LogP contribution in [0.2, 0.25) is 0 Å². The van der Waals surface area contributed by atoms with Crippen molar-refractivity contribution in [2.24, 2.45) is 5.41 Å². The number of piperidine rings is 1. The van der Waals surface area contributed by atoms with Gasteiger partial charge in [0, 0.05) is 11.0 Å². The fourth-order valence-corrected chi connectivity index (χ4v) is 2.42. The molecule has 3 heteroatoms. The number of rotatable bonds is 2. The lowest BCUT2D eigenvalue weighted by atomic mass is 9.75. The van der Waals surface area contributed by atoms with Gasteiger partial charge in [-0.05, 0) is 56.6 Å². The average Bonchev–Trinajstić information content (AvgIpc) is 2.27. The van der Waals surface area contributed by atoms with E-state index in [4.69, 9.17) is 0 Å². The average molecular weight is 235 g/mol. The van der Waals surface area contributed by atoms with Gasteiger partial charge in [-0.3, -0.25) is 4.79 Å². The third kappa shape index (κ3) is 2.55. The van der Waals surface area contributed by atoms with Crippen LogP contribution in [0.15, 0.2) is 18.2 Å². The van der Waals surface area contributed by atoms with Crippen molar-refractivity contribution in [1.82, 2.24) is 5.32 Å². The number of ketones is 1. The van der Waals surface area contributed by atoms with Gasteiger partial charge in [0.25, 0.3) is 0 Å². The molecule has 0 unspecified atom stereocenters. The first-order valence-electron chi connectivity index (χ1n) is 6.04. The van der Waals surface area contributed by atoms with Crippen LogP contribution in [0.3, 0.4) is 0 Å². The third-order valence-corrected chi connectivity index (χ3v) is 3.56. The van der Waals surface area contributed by atoms with E-state index in [9.17, 15) is 9.18 Å². The van der Waals surface area contributed by atoms with E-state index in [1.54, 1.807) is 6.07 Å². The molecule has 0 amide bonds. The highest BCUT2D eigenvalue weighted by atomic mass is 19.1. The Morgan fingerprint density at radius 2 is 1.94 bits per heavy atom. The lowest BCUT2D eigenvalue weighted by Gasteiger charge is -2.32. The largest absolute Gasteiger partial charge is 0.317 e. The maximum atomic E-state index is 13.3. The summed E-state index contributed by atoms with van der Waals surface area (Å²) in [5.74, 6) is -0.257. The van der Waals surface area contributed by atoms with Gasteiger partial charge in [-0.2, -0.15) is 0 Å². The minimum atomic E-state index is -0.342. The molecule has 1 N–H and O–H groups in total. The normalized spacial score (nSPS) is 19.0. The molecule has 1 heterocycles. The quantitative estimate of drug-likeness (QED) is 0.798. The highest BCUT2D eigenvalue weighted by Crippen LogP contribution is 2.32. The molecule has 0 radical (unpaired) electrons. The molecule has 17 heavy (non-hydrogen) atoms. The molecule has 0 spiro atoms. The summed E-state index contributed by atoms with van der Waals surface area (Å²) in [6, 6.07) is 4.57. The van der Waals surface area contributed by atoms with Crippen LogP contribution in [0.5, 0.6) is 0 Å². The Labute approximate surface area is 101 Å². The standard InChI is InChI=1S/C14H18FNO/c1-10-7-11(9-12(15)8-10)13(17)14(2)3-5-16-6-4-14/h7-9,16H,3-6H2,1-2H3. The summed E-state index contributed by atoms with van der Waals surface area (Å²) >= 11 is 0. The second-order valence-electron chi connectivity index (χ2n) is 5.16. The molecule has 0 atom stereocenters. The van der Waals surface area contributed by atoms with E-state index in [2.05, 4.69) is 5.32 Å². The van der Waals surface area contributed by atoms with E-state index >= 15 is 0 Å². The van der Waals surface area contributed by atoms with Crippen LogP contribution in [0, 0.1) is 18.2 Å². The lowest BCUT2D eigenvalue weighted by Crippen LogP contribution is -2.40. The number of hydrogen-bond acceptors (Lipinski definition) is 2. The predicted molar refractivity (Wildman–Crippen MR) is 65.7 cm³/mol. The van der Waals surface area contributed by atoms with Crippen molar-refractivity contribution in [1.29, 1.82) is 0 Å². The van der Waals surface area contributed by atoms with Gasteiger partial charge in [0.2, 0.25) is 0 Å². The van der Waals surface area contributed by atoms with E-state index in [0.29, 0.717) is 5.56 Å². The monoisotopic (exact) mass is 235 g/mol. The fourth-order valence-electron chi connectivity index (χ4n) is 2.42. The molecule has 2 rings (SSSR count). The van der Waals surface area contributed by atoms with Crippen molar-refractivity contribution in [3.8, 4) is 0 Å². The Balaban J connectivity index is 2.29. The van der Waals surface area contributed by atoms with Crippen molar-refractivity contribution >= 4 is 5.78 Å². The van der Waals surface area contributed by atoms with Gasteiger partial charge >= 0.3 is 0 Å². The number of halogens is 1. The third-order valence-electron chi connectivity index (χ3n) is 3.56. The number of aryl methyl sites for hydroxylation is 1. The first-order chi connectivity index (χ1) is 8.01. The van der Waals surface area contributed by atoms with Gasteiger partial charge in [-0.1, -0.05) is 6.92 Å². The molecule has 1 fully saturated rings. The molecule has 0 saturated carbocycles. The van der Waals surface area contributed by atoms with Gasteiger partial charge < -0.3 is 5.32 Å². The summed E-state index contributed by atoms with van der Waals surface area (Å²) in [6.07, 6.45) is 1.64. The first kappa shape index (κ1) is 12.2. The molecule has 1 aliphatic rings. The zero-order chi connectivity index (χ0) is 12.5. The molecule has 1 aromatic rings. The Morgan fingerprint density at radius 3 is 2.53 bits per heavy atom. The van der Waals surface area contributed by atoms with E-state index < -0.39 is 0 Å². The van der Waals surface area contributed by atoms with Crippen LogP contribution in [0.25, 0.3) is 0 Å². The highest BCUT2D eigenvalue weighted by Gasteiger charge is 2.35. The van der Waals surface area contributed by atoms with Crippen LogP contribution in [-0.2, 0) is 0 Å². The maximum absolute atomic E-state index is 13.3. The highest BCUT2D eigenvalue weighted by molar-refractivity contribution is 6.00. The second kappa shape index (κ2) is 4.57. The van der Waals surface area contributed by atoms with E-state index in [1.807, 2.05) is 13.8 Å². The van der Waals surface area contributed by atoms with Gasteiger partial charge in [0.15, 0.2) is 5.78 Å². The molecule has 1 aliphatic heterocycles. The molecular weight excluding hydrogens is 217 g/mol. The minimum absolute atomic E-state index is 0.0709. The molecule has 92 valence electrons. The number of carbonyl (C=O) groups excluding carboxylic acids is 1. The van der Waals surface area contributed by atoms with Gasteiger partial charge in [0.1, 0.15) is 5.82 Å². The number of benzene rings is 1. The predicted octanol–water partition coefficient (Wildman–Crippen LogP) is 2.71. The van der Waals surface area contributed by atoms with Crippen molar-refractivity contribution in [2.45, 2.75) is 26.7 Å². The van der Waals surface area contributed by atoms with Crippen LogP contribution < -0.4 is 5.32 Å². The summed E-state index contributed by atoms with van der Waals surface area (Å²) in [4.78, 5) is 12.4. The number of Topliss-reactive ketones (excluding diaryl/α,β-unsaturated/α-hetero) is 1. The topological polar surface area (TPSA) is 29.1 Å². The van der Waals surface area contributed by atoms with E-state index in [-0.39, 0.29) is 17.0 Å². The van der Waals surface area contributed by atoms with Crippen LogP contribution in [0.1, 0.15) is 35.7 Å². The van der Waals surface area contributed by atoms with Crippen molar-refractivity contribution in [3.63, 3.8) is 0 Å². The van der Waals surface area contributed by atoms with Gasteiger partial charge in [-0.15, -0.1) is 0 Å². The number of nitrogens with one attached hydrogen (secondary N) is 1. The van der Waals surface area contributed by atoms with Crippen LogP contribution in [0.4, 0.5) is 4.39 Å². The Hall–Kier alpha value is -1.22. The van der Waals surface area contributed by atoms with Gasteiger partial charge in [-0.25, -0.2) is 4.39 Å². The van der Waals surface area contributed by atoms with Crippen LogP contribution in [-0.4, -0.2) is 18.9 Å². The second-order valence-corrected chi connectivity index (χ2v) is 5.16. The summed E-state index contributed by atoms with van der Waals surface area (Å²) < 4.78 is 13.3. The summed E-state index contributed by atoms with van der Waals surface area (Å²) in [7, 11) is 0. The molecule has 0 aliphatic carbocycles. The zero-order valence-electron chi connectivity index (χ0n) is 10.3. The van der Waals surface area contributed by atoms with E-state index in [0.717, 1.165) is 31.5 Å². The SMILES string of the molecule is Cc1cc(F)cc(C(=O)C2(C)CCNCC2)c1. The van der Waals surface area contributed by atoms with Crippen molar-refractivity contribution < 1.29 is 9.18 Å². The van der Waals surface area contributed by atoms with Crippen molar-refractivity contribution in [2.75, 3.05) is 13.1 Å². The summed E-state index contributed by atoms with van der Waals surface area (Å²) in [5.41, 5.74) is 0.962. The summed E-state index contributed by atoms with van der Waals surface area (Å²) in [5, 5.41) is 3.24. The molecule has 2 nitrogen and oxygen atoms in total. The Bertz CT molecular complexity index is 416. The maximum Gasteiger partial charge on any atom is 0.168 e. The molecule has 1 aromatic carbocycles. The molecular formula is C14H18FNO. The smallest absolute Gasteiger partial charge is 0.168 e. The molecule has 1 saturated heterocycles. The number of carbonyl (C=O) groups is 1. The van der Waals surface area contributed by atoms with Crippen LogP contribution >= 0.6 is 0 Å². The first-order valence-corrected chi connectivity index (χ1v) is 6.04. The zero-order valence-corrected chi connectivity index (χ0v) is 10.3. The lowest BCUT2D eigenvalue weighted by molar-refractivity contribution is 0.0762. The fraction of sp³-hybridized carbons (Fsp3) is 0.500. The molecule has 0 bridgehead atoms. The summed E-state index contributed by atoms with van der Waals surface area (Å²) in [6.45, 7) is 5.51.